The summed E-state index contributed by atoms with van der Waals surface area (Å²) in [5, 5.41) is 49.8. The molecule has 156 valence electrons. The summed E-state index contributed by atoms with van der Waals surface area (Å²) >= 11 is 0. The highest BCUT2D eigenvalue weighted by atomic mass is 16.4. The zero-order chi connectivity index (χ0) is 20.3. The van der Waals surface area contributed by atoms with Crippen LogP contribution < -0.4 is 0 Å². The fourth-order valence-electron chi connectivity index (χ4n) is 5.45. The molecule has 0 saturated carbocycles. The van der Waals surface area contributed by atoms with Crippen LogP contribution in [-0.2, 0) is 4.79 Å². The quantitative estimate of drug-likeness (QED) is 0.349. The maximum atomic E-state index is 13.5. The smallest absolute Gasteiger partial charge is 0.150 e. The van der Waals surface area contributed by atoms with Crippen molar-refractivity contribution in [3.63, 3.8) is 0 Å². The Hall–Kier alpha value is -0.610. The molecular weight excluding hydrogens is 352 g/mol. The number of carbonyl (C=O) groups excluding carboxylic acids is 1. The molecule has 0 aromatic carbocycles. The second-order valence-corrected chi connectivity index (χ2v) is 9.40. The Morgan fingerprint density at radius 3 is 1.63 bits per heavy atom. The van der Waals surface area contributed by atoms with E-state index in [4.69, 9.17) is 5.11 Å². The van der Waals surface area contributed by atoms with E-state index in [-0.39, 0.29) is 11.8 Å². The number of aliphatic hydroxyl groups excluding tert-OH is 5. The summed E-state index contributed by atoms with van der Waals surface area (Å²) in [5.41, 5.74) is -0.990. The first-order valence-electron chi connectivity index (χ1n) is 9.88. The van der Waals surface area contributed by atoms with Crippen molar-refractivity contribution in [3.05, 3.63) is 0 Å². The Balaban J connectivity index is 1.91. The van der Waals surface area contributed by atoms with E-state index in [1.165, 1.54) is 0 Å². The van der Waals surface area contributed by atoms with E-state index in [0.717, 1.165) is 0 Å². The molecule has 5 N–H and O–H groups in total. The summed E-state index contributed by atoms with van der Waals surface area (Å²) in [6.45, 7) is 9.59. The van der Waals surface area contributed by atoms with E-state index in [0.29, 0.717) is 32.0 Å². The van der Waals surface area contributed by atoms with E-state index in [9.17, 15) is 25.2 Å². The van der Waals surface area contributed by atoms with Crippen molar-refractivity contribution in [3.8, 4) is 0 Å². The topological polar surface area (TPSA) is 125 Å². The van der Waals surface area contributed by atoms with Crippen molar-refractivity contribution in [2.45, 2.75) is 58.3 Å². The van der Waals surface area contributed by atoms with Crippen LogP contribution in [0.3, 0.4) is 0 Å². The number of ketones is 1. The predicted octanol–water partition coefficient (Wildman–Crippen LogP) is -1.75. The van der Waals surface area contributed by atoms with Crippen molar-refractivity contribution < 1.29 is 30.3 Å². The lowest BCUT2D eigenvalue weighted by atomic mass is 9.53. The van der Waals surface area contributed by atoms with Crippen LogP contribution in [0.1, 0.15) is 27.7 Å². The van der Waals surface area contributed by atoms with Crippen LogP contribution in [0.15, 0.2) is 0 Å². The summed E-state index contributed by atoms with van der Waals surface area (Å²) in [6.07, 6.45) is -6.64. The van der Waals surface area contributed by atoms with Gasteiger partial charge in [0.25, 0.3) is 0 Å². The van der Waals surface area contributed by atoms with Crippen molar-refractivity contribution in [2.75, 3.05) is 32.8 Å². The molecule has 4 atom stereocenters. The molecule has 0 aliphatic carbocycles. The highest BCUT2D eigenvalue weighted by molar-refractivity contribution is 5.94. The second-order valence-electron chi connectivity index (χ2n) is 9.40. The molecule has 0 unspecified atom stereocenters. The van der Waals surface area contributed by atoms with Gasteiger partial charge in [0.05, 0.1) is 23.6 Å². The average Bonchev–Trinajstić information content (AvgIpc) is 2.62. The first-order chi connectivity index (χ1) is 12.5. The summed E-state index contributed by atoms with van der Waals surface area (Å²) in [4.78, 5) is 17.6. The molecule has 4 rings (SSSR count). The summed E-state index contributed by atoms with van der Waals surface area (Å²) < 4.78 is 0. The van der Waals surface area contributed by atoms with Gasteiger partial charge in [-0.25, -0.2) is 0 Å². The lowest BCUT2D eigenvalue weighted by Gasteiger charge is -2.69. The molecule has 0 radical (unpaired) electrons. The number of carbonyl (C=O) groups is 1. The number of hydrogen-bond acceptors (Lipinski definition) is 8. The molecular formula is C19H34N2O6. The molecule has 27 heavy (non-hydrogen) atoms. The van der Waals surface area contributed by atoms with Crippen molar-refractivity contribution in [1.82, 2.24) is 9.80 Å². The van der Waals surface area contributed by atoms with Crippen molar-refractivity contribution in [2.24, 2.45) is 22.7 Å². The molecule has 4 heterocycles. The Morgan fingerprint density at radius 1 is 0.889 bits per heavy atom. The molecule has 4 bridgehead atoms. The van der Waals surface area contributed by atoms with Crippen LogP contribution in [-0.4, -0.2) is 104 Å². The standard InChI is InChI=1S/C19H34N2O6/c1-10(2)18-6-20-8-19(11(3)4,17(18)27)9-21(7-18)16(20)15(26)14(25)13(24)12(23)5-22/h10-16,22-26H,5-9H2,1-4H3/t12-,13-,14-,15+,16?,18?,19?/m1/s1. The van der Waals surface area contributed by atoms with E-state index in [1.807, 2.05) is 0 Å². The van der Waals surface area contributed by atoms with Crippen LogP contribution in [0, 0.1) is 22.7 Å². The fourth-order valence-corrected chi connectivity index (χ4v) is 5.45. The van der Waals surface area contributed by atoms with Gasteiger partial charge in [-0.05, 0) is 11.8 Å². The van der Waals surface area contributed by atoms with E-state index in [1.54, 1.807) is 0 Å². The normalized spacial score (nSPS) is 42.6. The number of rotatable bonds is 7. The molecule has 4 fully saturated rings. The van der Waals surface area contributed by atoms with Gasteiger partial charge in [0.1, 0.15) is 24.4 Å². The SMILES string of the molecule is CC(C)C12CN3CC(C(C)C)(CN(C1)C3[C@@H](O)[C@H](O)[C@H](O)[C@H](O)CO)C2=O. The number of piperidine rings is 2. The molecule has 0 aromatic rings. The van der Waals surface area contributed by atoms with Crippen LogP contribution in [0.2, 0.25) is 0 Å². The first-order valence-corrected chi connectivity index (χ1v) is 9.88. The van der Waals surface area contributed by atoms with Gasteiger partial charge in [-0.15, -0.1) is 0 Å². The Bertz CT molecular complexity index is 537. The summed E-state index contributed by atoms with van der Waals surface area (Å²) in [5.74, 6) is 0.619. The molecule has 0 aromatic heterocycles. The number of nitrogens with zero attached hydrogens (tertiary/aromatic N) is 2. The Morgan fingerprint density at radius 2 is 1.30 bits per heavy atom. The predicted molar refractivity (Wildman–Crippen MR) is 97.6 cm³/mol. The maximum absolute atomic E-state index is 13.5. The molecule has 4 saturated heterocycles. The van der Waals surface area contributed by atoms with Gasteiger partial charge < -0.3 is 25.5 Å². The van der Waals surface area contributed by atoms with Gasteiger partial charge >= 0.3 is 0 Å². The second kappa shape index (κ2) is 7.02. The molecule has 0 amide bonds. The van der Waals surface area contributed by atoms with Crippen molar-refractivity contribution >= 4 is 5.78 Å². The Labute approximate surface area is 160 Å². The molecule has 0 spiro atoms. The zero-order valence-electron chi connectivity index (χ0n) is 16.6. The van der Waals surface area contributed by atoms with E-state index < -0.39 is 48.0 Å². The van der Waals surface area contributed by atoms with Crippen molar-refractivity contribution in [1.29, 1.82) is 0 Å². The van der Waals surface area contributed by atoms with Crippen LogP contribution in [0.4, 0.5) is 0 Å². The van der Waals surface area contributed by atoms with E-state index in [2.05, 4.69) is 37.5 Å². The zero-order valence-corrected chi connectivity index (χ0v) is 16.6. The third-order valence-electron chi connectivity index (χ3n) is 7.39. The van der Waals surface area contributed by atoms with Gasteiger partial charge in [0.15, 0.2) is 5.78 Å². The number of aliphatic hydroxyl groups is 5. The summed E-state index contributed by atoms with van der Waals surface area (Å²) in [7, 11) is 0. The van der Waals surface area contributed by atoms with Crippen LogP contribution in [0.25, 0.3) is 0 Å². The number of hydrogen-bond donors (Lipinski definition) is 5. The van der Waals surface area contributed by atoms with Crippen LogP contribution in [0.5, 0.6) is 0 Å². The monoisotopic (exact) mass is 386 g/mol. The lowest BCUT2D eigenvalue weighted by molar-refractivity contribution is -0.244. The number of Topliss-reactive ketones (excluding diaryl/α,β-unsaturated/α-hetero) is 1. The van der Waals surface area contributed by atoms with Crippen LogP contribution >= 0.6 is 0 Å². The molecule has 4 aliphatic heterocycles. The van der Waals surface area contributed by atoms with Gasteiger partial charge in [-0.1, -0.05) is 27.7 Å². The molecule has 8 heteroatoms. The Kier molecular flexibility index (Phi) is 5.49. The fraction of sp³-hybridized carbons (Fsp3) is 0.947. The van der Waals surface area contributed by atoms with E-state index >= 15 is 0 Å². The molecule has 8 nitrogen and oxygen atoms in total. The van der Waals surface area contributed by atoms with Gasteiger partial charge in [0, 0.05) is 26.2 Å². The lowest BCUT2D eigenvalue weighted by Crippen LogP contribution is -2.83. The third-order valence-corrected chi connectivity index (χ3v) is 7.39. The first kappa shape index (κ1) is 21.1. The third kappa shape index (κ3) is 2.88. The highest BCUT2D eigenvalue weighted by Crippen LogP contribution is 2.54. The summed E-state index contributed by atoms with van der Waals surface area (Å²) in [6, 6.07) is 0. The minimum Gasteiger partial charge on any atom is -0.394 e. The average molecular weight is 386 g/mol. The molecule has 4 aliphatic rings. The highest BCUT2D eigenvalue weighted by Gasteiger charge is 2.68. The maximum Gasteiger partial charge on any atom is 0.150 e. The largest absolute Gasteiger partial charge is 0.394 e. The minimum atomic E-state index is -1.65. The minimum absolute atomic E-state index is 0.151. The van der Waals surface area contributed by atoms with Gasteiger partial charge in [-0.3, -0.25) is 14.6 Å². The van der Waals surface area contributed by atoms with Gasteiger partial charge in [-0.2, -0.15) is 0 Å². The van der Waals surface area contributed by atoms with Gasteiger partial charge in [0.2, 0.25) is 0 Å².